The molecule has 30 heavy (non-hydrogen) atoms. The van der Waals surface area contributed by atoms with Crippen LogP contribution in [0.25, 0.3) is 22.3 Å². The maximum Gasteiger partial charge on any atom is 0.261 e. The Morgan fingerprint density at radius 2 is 1.43 bits per heavy atom. The van der Waals surface area contributed by atoms with Crippen LogP contribution in [-0.4, -0.2) is 26.7 Å². The SMILES string of the molecule is Nc1cccc2nc(CN3C(=O)c4ccccc4C3=O)c(-c3ccccc3Cl)nc12. The number of imide groups is 1. The van der Waals surface area contributed by atoms with Crippen LogP contribution in [0.4, 0.5) is 5.69 Å². The van der Waals surface area contributed by atoms with E-state index in [0.29, 0.717) is 49.8 Å². The highest BCUT2D eigenvalue weighted by atomic mass is 35.5. The van der Waals surface area contributed by atoms with E-state index in [1.807, 2.05) is 18.2 Å². The van der Waals surface area contributed by atoms with Gasteiger partial charge in [0.1, 0.15) is 5.52 Å². The molecule has 7 heteroatoms. The minimum atomic E-state index is -0.352. The molecule has 0 fully saturated rings. The lowest BCUT2D eigenvalue weighted by molar-refractivity contribution is 0.0640. The molecule has 2 amide bonds. The van der Waals surface area contributed by atoms with Crippen molar-refractivity contribution in [2.24, 2.45) is 0 Å². The second-order valence-corrected chi connectivity index (χ2v) is 7.36. The van der Waals surface area contributed by atoms with Crippen LogP contribution >= 0.6 is 11.6 Å². The summed E-state index contributed by atoms with van der Waals surface area (Å²) in [6, 6.07) is 19.3. The monoisotopic (exact) mass is 414 g/mol. The molecule has 0 aliphatic carbocycles. The highest BCUT2D eigenvalue weighted by molar-refractivity contribution is 6.33. The van der Waals surface area contributed by atoms with Gasteiger partial charge in [0.2, 0.25) is 0 Å². The Balaban J connectivity index is 1.67. The molecule has 4 aromatic rings. The third-order valence-corrected chi connectivity index (χ3v) is 5.44. The number of halogens is 1. The van der Waals surface area contributed by atoms with Gasteiger partial charge in [-0.15, -0.1) is 0 Å². The summed E-state index contributed by atoms with van der Waals surface area (Å²) < 4.78 is 0. The van der Waals surface area contributed by atoms with Crippen molar-refractivity contribution < 1.29 is 9.59 Å². The van der Waals surface area contributed by atoms with Crippen LogP contribution in [0.5, 0.6) is 0 Å². The number of carbonyl (C=O) groups excluding carboxylic acids is 2. The van der Waals surface area contributed by atoms with Gasteiger partial charge in [-0.1, -0.05) is 48.0 Å². The number of nitrogens with two attached hydrogens (primary N) is 1. The van der Waals surface area contributed by atoms with Gasteiger partial charge in [-0.25, -0.2) is 9.97 Å². The van der Waals surface area contributed by atoms with Gasteiger partial charge in [0.25, 0.3) is 11.8 Å². The van der Waals surface area contributed by atoms with E-state index in [1.54, 1.807) is 48.5 Å². The average Bonchev–Trinajstić information content (AvgIpc) is 2.99. The number of hydrogen-bond acceptors (Lipinski definition) is 5. The fourth-order valence-corrected chi connectivity index (χ4v) is 3.87. The number of anilines is 1. The highest BCUT2D eigenvalue weighted by Crippen LogP contribution is 2.33. The standard InChI is InChI=1S/C23H15ClN4O2/c24-16-9-4-3-8-15(16)20-19(26-18-11-5-10-17(25)21(18)27-20)12-28-22(29)13-6-1-2-7-14(13)23(28)30/h1-11H,12,25H2. The lowest BCUT2D eigenvalue weighted by atomic mass is 10.1. The molecular formula is C23H15ClN4O2. The molecule has 1 aromatic heterocycles. The van der Waals surface area contributed by atoms with Crippen molar-refractivity contribution in [1.29, 1.82) is 0 Å². The molecular weight excluding hydrogens is 400 g/mol. The Kier molecular flexibility index (Phi) is 4.22. The van der Waals surface area contributed by atoms with Crippen molar-refractivity contribution in [3.63, 3.8) is 0 Å². The molecule has 0 atom stereocenters. The van der Waals surface area contributed by atoms with Gasteiger partial charge in [0, 0.05) is 5.56 Å². The van der Waals surface area contributed by atoms with Crippen molar-refractivity contribution in [3.8, 4) is 11.3 Å². The van der Waals surface area contributed by atoms with Crippen LogP contribution in [0.3, 0.4) is 0 Å². The molecule has 0 bridgehead atoms. The Morgan fingerprint density at radius 1 is 0.800 bits per heavy atom. The maximum atomic E-state index is 12.9. The van der Waals surface area contributed by atoms with Crippen LogP contribution in [0.1, 0.15) is 26.4 Å². The van der Waals surface area contributed by atoms with E-state index in [0.717, 1.165) is 0 Å². The number of para-hydroxylation sites is 1. The van der Waals surface area contributed by atoms with Crippen LogP contribution in [0.15, 0.2) is 66.7 Å². The first-order valence-electron chi connectivity index (χ1n) is 9.30. The van der Waals surface area contributed by atoms with Crippen molar-refractivity contribution >= 4 is 40.1 Å². The molecule has 5 rings (SSSR count). The molecule has 0 spiro atoms. The van der Waals surface area contributed by atoms with Gasteiger partial charge in [-0.2, -0.15) is 0 Å². The van der Waals surface area contributed by atoms with E-state index >= 15 is 0 Å². The van der Waals surface area contributed by atoms with Gasteiger partial charge in [0.05, 0.1) is 45.3 Å². The van der Waals surface area contributed by atoms with Crippen molar-refractivity contribution in [1.82, 2.24) is 14.9 Å². The summed E-state index contributed by atoms with van der Waals surface area (Å²) in [5.41, 5.74) is 10.1. The number of nitrogens with zero attached hydrogens (tertiary/aromatic N) is 3. The topological polar surface area (TPSA) is 89.2 Å². The second-order valence-electron chi connectivity index (χ2n) is 6.96. The van der Waals surface area contributed by atoms with E-state index in [9.17, 15) is 9.59 Å². The molecule has 1 aliphatic heterocycles. The Hall–Kier alpha value is -3.77. The summed E-state index contributed by atoms with van der Waals surface area (Å²) in [4.78, 5) is 36.3. The Morgan fingerprint density at radius 3 is 2.10 bits per heavy atom. The molecule has 1 aliphatic rings. The predicted molar refractivity (Wildman–Crippen MR) is 115 cm³/mol. The predicted octanol–water partition coefficient (Wildman–Crippen LogP) is 4.33. The number of fused-ring (bicyclic) bond motifs is 2. The number of hydrogen-bond donors (Lipinski definition) is 1. The molecule has 146 valence electrons. The van der Waals surface area contributed by atoms with Gasteiger partial charge in [-0.05, 0) is 30.3 Å². The number of nitrogen functional groups attached to an aromatic ring is 1. The van der Waals surface area contributed by atoms with Gasteiger partial charge in [-0.3, -0.25) is 14.5 Å². The molecule has 3 aromatic carbocycles. The smallest absolute Gasteiger partial charge is 0.261 e. The van der Waals surface area contributed by atoms with Gasteiger partial charge in [0.15, 0.2) is 0 Å². The zero-order chi connectivity index (χ0) is 20.8. The molecule has 2 heterocycles. The quantitative estimate of drug-likeness (QED) is 0.398. The summed E-state index contributed by atoms with van der Waals surface area (Å²) in [5, 5.41) is 0.490. The van der Waals surface area contributed by atoms with E-state index in [4.69, 9.17) is 27.3 Å². The number of rotatable bonds is 3. The third-order valence-electron chi connectivity index (χ3n) is 5.11. The summed E-state index contributed by atoms with van der Waals surface area (Å²) in [6.45, 7) is -0.0232. The lowest BCUT2D eigenvalue weighted by Gasteiger charge is -2.17. The van der Waals surface area contributed by atoms with Gasteiger partial charge >= 0.3 is 0 Å². The normalized spacial score (nSPS) is 13.2. The maximum absolute atomic E-state index is 12.9. The minimum absolute atomic E-state index is 0.0232. The fourth-order valence-electron chi connectivity index (χ4n) is 3.65. The Bertz CT molecular complexity index is 1320. The first-order chi connectivity index (χ1) is 14.5. The van der Waals surface area contributed by atoms with Crippen LogP contribution in [0.2, 0.25) is 5.02 Å². The van der Waals surface area contributed by atoms with Crippen molar-refractivity contribution in [2.45, 2.75) is 6.54 Å². The minimum Gasteiger partial charge on any atom is -0.397 e. The van der Waals surface area contributed by atoms with E-state index in [-0.39, 0.29) is 18.4 Å². The summed E-state index contributed by atoms with van der Waals surface area (Å²) >= 11 is 6.42. The number of carbonyl (C=O) groups is 2. The molecule has 0 saturated heterocycles. The van der Waals surface area contributed by atoms with Crippen molar-refractivity contribution in [3.05, 3.63) is 88.6 Å². The second kappa shape index (κ2) is 6.93. The van der Waals surface area contributed by atoms with Crippen molar-refractivity contribution in [2.75, 3.05) is 5.73 Å². The largest absolute Gasteiger partial charge is 0.397 e. The number of benzene rings is 3. The van der Waals surface area contributed by atoms with E-state index < -0.39 is 0 Å². The van der Waals surface area contributed by atoms with Crippen LogP contribution in [-0.2, 0) is 6.54 Å². The van der Waals surface area contributed by atoms with E-state index in [1.165, 1.54) is 4.90 Å². The molecule has 6 nitrogen and oxygen atoms in total. The Labute approximate surface area is 176 Å². The lowest BCUT2D eigenvalue weighted by Crippen LogP contribution is -2.30. The first-order valence-corrected chi connectivity index (χ1v) is 9.67. The molecule has 0 unspecified atom stereocenters. The zero-order valence-electron chi connectivity index (χ0n) is 15.7. The number of aromatic nitrogens is 2. The number of amides is 2. The van der Waals surface area contributed by atoms with Crippen LogP contribution < -0.4 is 5.73 Å². The molecule has 0 saturated carbocycles. The molecule has 0 radical (unpaired) electrons. The summed E-state index contributed by atoms with van der Waals surface area (Å²) in [6.07, 6.45) is 0. The fraction of sp³-hybridized carbons (Fsp3) is 0.0435. The highest BCUT2D eigenvalue weighted by Gasteiger charge is 2.36. The summed E-state index contributed by atoms with van der Waals surface area (Å²) in [5.74, 6) is -0.703. The van der Waals surface area contributed by atoms with Crippen LogP contribution in [0, 0.1) is 0 Å². The average molecular weight is 415 g/mol. The third kappa shape index (κ3) is 2.81. The van der Waals surface area contributed by atoms with E-state index in [2.05, 4.69) is 0 Å². The summed E-state index contributed by atoms with van der Waals surface area (Å²) in [7, 11) is 0. The first kappa shape index (κ1) is 18.3. The van der Waals surface area contributed by atoms with Gasteiger partial charge < -0.3 is 5.73 Å². The molecule has 2 N–H and O–H groups in total. The zero-order valence-corrected chi connectivity index (χ0v) is 16.4.